The molecule has 2 atom stereocenters. The van der Waals surface area contributed by atoms with Crippen LogP contribution in [0.4, 0.5) is 17.6 Å². The molecule has 0 aromatic heterocycles. The Hall–Kier alpha value is -1.61. The number of hydrogen-bond donors (Lipinski definition) is 0. The summed E-state index contributed by atoms with van der Waals surface area (Å²) in [6.45, 7) is 6.37. The Morgan fingerprint density at radius 2 is 1.74 bits per heavy atom. The molecule has 0 bridgehead atoms. The molecule has 1 rings (SSSR count). The molecule has 0 fully saturated rings. The van der Waals surface area contributed by atoms with Gasteiger partial charge in [0.15, 0.2) is 0 Å². The third kappa shape index (κ3) is 7.88. The Morgan fingerprint density at radius 1 is 1.19 bits per heavy atom. The molecule has 1 unspecified atom stereocenters. The topological polar surface area (TPSA) is 61.7 Å². The Balaban J connectivity index is 3.25. The second kappa shape index (κ2) is 9.54. The standard InChI is InChI=1S/C18H23F4NO3S/c1-5-26-16(24)11-13(18(20,21)22)10-15(23-27(25)17(2,3)4)12-6-8-14(19)9-7-12/h6-9,13H,5,10-11H2,1-4H3/t13-,27?/m0/s1. The molecule has 0 radical (unpaired) electrons. The van der Waals surface area contributed by atoms with Gasteiger partial charge in [0.25, 0.3) is 0 Å². The van der Waals surface area contributed by atoms with Gasteiger partial charge in [-0.05, 0) is 39.8 Å². The second-order valence-corrected chi connectivity index (χ2v) is 8.76. The average molecular weight is 409 g/mol. The molecule has 9 heteroatoms. The van der Waals surface area contributed by atoms with Crippen LogP contribution < -0.4 is 0 Å². The molecule has 4 nitrogen and oxygen atoms in total. The van der Waals surface area contributed by atoms with Gasteiger partial charge in [-0.1, -0.05) is 16.5 Å². The van der Waals surface area contributed by atoms with Gasteiger partial charge in [0.2, 0.25) is 0 Å². The number of carbonyl (C=O) groups excluding carboxylic acids is 1. The summed E-state index contributed by atoms with van der Waals surface area (Å²) in [5.74, 6) is -3.60. The maximum Gasteiger partial charge on any atom is 0.392 e. The molecule has 27 heavy (non-hydrogen) atoms. The minimum atomic E-state index is -4.68. The van der Waals surface area contributed by atoms with Gasteiger partial charge in [0.1, 0.15) is 21.9 Å². The van der Waals surface area contributed by atoms with Crippen LogP contribution in [-0.4, -0.2) is 33.8 Å². The number of benzene rings is 1. The van der Waals surface area contributed by atoms with Gasteiger partial charge in [0.05, 0.1) is 24.7 Å². The van der Waals surface area contributed by atoms with E-state index in [2.05, 4.69) is 9.13 Å². The van der Waals surface area contributed by atoms with Crippen LogP contribution >= 0.6 is 0 Å². The molecule has 1 aromatic rings. The lowest BCUT2D eigenvalue weighted by atomic mass is 9.94. The van der Waals surface area contributed by atoms with Gasteiger partial charge in [-0.3, -0.25) is 4.79 Å². The fourth-order valence-corrected chi connectivity index (χ4v) is 2.70. The SMILES string of the molecule is CCOC(=O)C[C@H](CC(=N[S+]([O-])C(C)(C)C)c1ccc(F)cc1)C(F)(F)F. The maximum absolute atomic E-state index is 13.4. The Kier molecular flexibility index (Phi) is 8.28. The van der Waals surface area contributed by atoms with Crippen molar-refractivity contribution in [3.63, 3.8) is 0 Å². The lowest BCUT2D eigenvalue weighted by Gasteiger charge is -2.22. The zero-order valence-electron chi connectivity index (χ0n) is 15.6. The van der Waals surface area contributed by atoms with Crippen LogP contribution in [-0.2, 0) is 20.9 Å². The van der Waals surface area contributed by atoms with Gasteiger partial charge in [-0.25, -0.2) is 4.39 Å². The number of nitrogens with zero attached hydrogens (tertiary/aromatic N) is 1. The minimum absolute atomic E-state index is 0.0314. The second-order valence-electron chi connectivity index (χ2n) is 6.86. The molecule has 0 spiro atoms. The smallest absolute Gasteiger partial charge is 0.392 e. The maximum atomic E-state index is 13.4. The molecule has 0 amide bonds. The summed E-state index contributed by atoms with van der Waals surface area (Å²) in [6, 6.07) is 4.70. The van der Waals surface area contributed by atoms with Gasteiger partial charge >= 0.3 is 12.1 Å². The van der Waals surface area contributed by atoms with Crippen LogP contribution in [0.15, 0.2) is 28.7 Å². The first-order valence-electron chi connectivity index (χ1n) is 8.32. The lowest BCUT2D eigenvalue weighted by Crippen LogP contribution is -2.31. The molecule has 1 aromatic carbocycles. The predicted molar refractivity (Wildman–Crippen MR) is 96.2 cm³/mol. The molecule has 152 valence electrons. The third-order valence-electron chi connectivity index (χ3n) is 3.52. The zero-order valence-corrected chi connectivity index (χ0v) is 16.4. The average Bonchev–Trinajstić information content (AvgIpc) is 2.52. The quantitative estimate of drug-likeness (QED) is 0.286. The minimum Gasteiger partial charge on any atom is -0.591 e. The highest BCUT2D eigenvalue weighted by molar-refractivity contribution is 7.91. The highest BCUT2D eigenvalue weighted by Crippen LogP contribution is 2.34. The van der Waals surface area contributed by atoms with Crippen molar-refractivity contribution in [2.24, 2.45) is 10.3 Å². The molecule has 0 saturated heterocycles. The fourth-order valence-electron chi connectivity index (χ4n) is 2.05. The van der Waals surface area contributed by atoms with E-state index in [9.17, 15) is 26.9 Å². The van der Waals surface area contributed by atoms with Crippen molar-refractivity contribution in [1.29, 1.82) is 0 Å². The van der Waals surface area contributed by atoms with Crippen molar-refractivity contribution in [3.05, 3.63) is 35.6 Å². The fraction of sp³-hybridized carbons (Fsp3) is 0.556. The van der Waals surface area contributed by atoms with E-state index in [0.717, 1.165) is 12.1 Å². The number of ether oxygens (including phenoxy) is 1. The largest absolute Gasteiger partial charge is 0.591 e. The highest BCUT2D eigenvalue weighted by atomic mass is 32.2. The number of carbonyl (C=O) groups is 1. The van der Waals surface area contributed by atoms with Gasteiger partial charge in [-0.15, -0.1) is 0 Å². The van der Waals surface area contributed by atoms with Crippen LogP contribution in [0.1, 0.15) is 46.1 Å². The monoisotopic (exact) mass is 409 g/mol. The van der Waals surface area contributed by atoms with Gasteiger partial charge < -0.3 is 9.29 Å². The molecule has 0 aliphatic heterocycles. The summed E-state index contributed by atoms with van der Waals surface area (Å²) in [5, 5.41) is 0. The Morgan fingerprint density at radius 3 is 2.19 bits per heavy atom. The predicted octanol–water partition coefficient (Wildman–Crippen LogP) is 4.60. The molecule has 0 saturated carbocycles. The van der Waals surface area contributed by atoms with E-state index in [1.807, 2.05) is 0 Å². The van der Waals surface area contributed by atoms with Crippen LogP contribution in [0.25, 0.3) is 0 Å². The van der Waals surface area contributed by atoms with E-state index < -0.39 is 52.8 Å². The number of esters is 1. The van der Waals surface area contributed by atoms with E-state index in [0.29, 0.717) is 0 Å². The van der Waals surface area contributed by atoms with Gasteiger partial charge in [0, 0.05) is 12.0 Å². The summed E-state index contributed by atoms with van der Waals surface area (Å²) in [6.07, 6.45) is -6.23. The van der Waals surface area contributed by atoms with Crippen molar-refractivity contribution in [2.45, 2.75) is 51.5 Å². The van der Waals surface area contributed by atoms with E-state index in [-0.39, 0.29) is 17.9 Å². The first-order valence-corrected chi connectivity index (χ1v) is 9.43. The lowest BCUT2D eigenvalue weighted by molar-refractivity contribution is -0.182. The van der Waals surface area contributed by atoms with Crippen LogP contribution in [0.2, 0.25) is 0 Å². The number of hydrogen-bond acceptors (Lipinski definition) is 4. The van der Waals surface area contributed by atoms with Crippen molar-refractivity contribution in [1.82, 2.24) is 0 Å². The molecular weight excluding hydrogens is 386 g/mol. The Labute approximate surface area is 159 Å². The van der Waals surface area contributed by atoms with E-state index in [4.69, 9.17) is 0 Å². The Bertz CT molecular complexity index is 654. The number of alkyl halides is 3. The van der Waals surface area contributed by atoms with Gasteiger partial charge in [-0.2, -0.15) is 13.2 Å². The number of rotatable bonds is 7. The summed E-state index contributed by atoms with van der Waals surface area (Å²) < 4.78 is 73.6. The molecule has 0 aliphatic carbocycles. The highest BCUT2D eigenvalue weighted by Gasteiger charge is 2.42. The van der Waals surface area contributed by atoms with Crippen LogP contribution in [0.5, 0.6) is 0 Å². The molecule has 0 heterocycles. The van der Waals surface area contributed by atoms with E-state index >= 15 is 0 Å². The summed E-state index contributed by atoms with van der Waals surface area (Å²) in [5.41, 5.74) is 0.113. The first kappa shape index (κ1) is 23.4. The molecular formula is C18H23F4NO3S. The summed E-state index contributed by atoms with van der Waals surface area (Å²) in [4.78, 5) is 11.6. The van der Waals surface area contributed by atoms with E-state index in [1.54, 1.807) is 20.8 Å². The van der Waals surface area contributed by atoms with Crippen molar-refractivity contribution in [2.75, 3.05) is 6.61 Å². The van der Waals surface area contributed by atoms with E-state index in [1.165, 1.54) is 19.1 Å². The van der Waals surface area contributed by atoms with Crippen LogP contribution in [0, 0.1) is 11.7 Å². The van der Waals surface area contributed by atoms with Crippen molar-refractivity contribution >= 4 is 23.0 Å². The number of halogens is 4. The summed E-state index contributed by atoms with van der Waals surface area (Å²) in [7, 11) is 0. The molecule has 0 N–H and O–H groups in total. The summed E-state index contributed by atoms with van der Waals surface area (Å²) >= 11 is -1.82. The molecule has 0 aliphatic rings. The normalized spacial score (nSPS) is 15.4. The van der Waals surface area contributed by atoms with Crippen molar-refractivity contribution in [3.8, 4) is 0 Å². The van der Waals surface area contributed by atoms with Crippen molar-refractivity contribution < 1.29 is 31.6 Å². The first-order chi connectivity index (χ1) is 12.3. The zero-order chi connectivity index (χ0) is 20.8. The third-order valence-corrected chi connectivity index (χ3v) is 4.95. The van der Waals surface area contributed by atoms with Crippen LogP contribution in [0.3, 0.4) is 0 Å².